The highest BCUT2D eigenvalue weighted by atomic mass is 16.3. The van der Waals surface area contributed by atoms with Crippen molar-refractivity contribution in [2.75, 3.05) is 11.9 Å². The number of aliphatic hydroxyl groups is 2. The fourth-order valence-corrected chi connectivity index (χ4v) is 3.33. The first kappa shape index (κ1) is 16.1. The summed E-state index contributed by atoms with van der Waals surface area (Å²) in [5.74, 6) is 1.52. The van der Waals surface area contributed by atoms with E-state index in [0.717, 1.165) is 29.8 Å². The summed E-state index contributed by atoms with van der Waals surface area (Å²) >= 11 is 0. The number of imidazole rings is 1. The van der Waals surface area contributed by atoms with Crippen LogP contribution < -0.4 is 5.32 Å². The zero-order valence-corrected chi connectivity index (χ0v) is 14.0. The Labute approximate surface area is 135 Å². The van der Waals surface area contributed by atoms with Crippen LogP contribution in [0, 0.1) is 6.92 Å². The van der Waals surface area contributed by atoms with Crippen molar-refractivity contribution in [2.24, 2.45) is 0 Å². The second-order valence-electron chi connectivity index (χ2n) is 6.84. The minimum Gasteiger partial charge on any atom is -0.393 e. The molecule has 3 rings (SSSR count). The molecule has 2 aromatic heterocycles. The molecule has 2 aromatic rings. The zero-order valence-electron chi connectivity index (χ0n) is 14.0. The third-order valence-corrected chi connectivity index (χ3v) is 4.57. The van der Waals surface area contributed by atoms with Crippen molar-refractivity contribution in [1.82, 2.24) is 19.5 Å². The van der Waals surface area contributed by atoms with Gasteiger partial charge in [0.1, 0.15) is 11.3 Å². The second kappa shape index (κ2) is 6.05. The second-order valence-corrected chi connectivity index (χ2v) is 6.84. The number of rotatable bonds is 4. The van der Waals surface area contributed by atoms with Crippen LogP contribution in [0.25, 0.3) is 11.2 Å². The van der Waals surface area contributed by atoms with E-state index >= 15 is 0 Å². The van der Waals surface area contributed by atoms with Crippen LogP contribution in [0.1, 0.15) is 51.4 Å². The van der Waals surface area contributed by atoms with Gasteiger partial charge in [0.15, 0.2) is 5.65 Å². The van der Waals surface area contributed by atoms with Crippen LogP contribution >= 0.6 is 0 Å². The smallest absolute Gasteiger partial charge is 0.224 e. The maximum Gasteiger partial charge on any atom is 0.224 e. The predicted molar refractivity (Wildman–Crippen MR) is 88.4 cm³/mol. The van der Waals surface area contributed by atoms with Gasteiger partial charge in [-0.1, -0.05) is 0 Å². The quantitative estimate of drug-likeness (QED) is 0.795. The van der Waals surface area contributed by atoms with Crippen LogP contribution in [0.2, 0.25) is 0 Å². The number of hydrogen-bond donors (Lipinski definition) is 3. The van der Waals surface area contributed by atoms with Gasteiger partial charge in [-0.3, -0.25) is 0 Å². The Morgan fingerprint density at radius 2 is 2.04 bits per heavy atom. The third kappa shape index (κ3) is 3.16. The van der Waals surface area contributed by atoms with Gasteiger partial charge in [0.05, 0.1) is 18.4 Å². The van der Waals surface area contributed by atoms with E-state index in [9.17, 15) is 10.2 Å². The molecule has 0 spiro atoms. The summed E-state index contributed by atoms with van der Waals surface area (Å²) < 4.78 is 2.15. The first-order chi connectivity index (χ1) is 10.9. The standard InChI is InChI=1S/C16H25N5O2/c1-10(2)18-15-17-8-13-14(20-15)21(11(3)19-13)12-4-6-16(23,9-22)7-5-12/h8,10,12,22-23H,4-7,9H2,1-3H3,(H,17,18,20). The first-order valence-corrected chi connectivity index (χ1v) is 8.23. The lowest BCUT2D eigenvalue weighted by Gasteiger charge is -2.35. The number of aryl methyl sites for hydroxylation is 1. The normalized spacial score (nSPS) is 25.2. The highest BCUT2D eigenvalue weighted by Crippen LogP contribution is 2.36. The van der Waals surface area contributed by atoms with Gasteiger partial charge in [0.2, 0.25) is 5.95 Å². The predicted octanol–water partition coefficient (Wildman–Crippen LogP) is 1.79. The fourth-order valence-electron chi connectivity index (χ4n) is 3.33. The molecule has 0 radical (unpaired) electrons. The molecule has 126 valence electrons. The summed E-state index contributed by atoms with van der Waals surface area (Å²) in [4.78, 5) is 13.5. The van der Waals surface area contributed by atoms with E-state index in [1.165, 1.54) is 0 Å². The van der Waals surface area contributed by atoms with Crippen molar-refractivity contribution in [3.05, 3.63) is 12.0 Å². The van der Waals surface area contributed by atoms with E-state index < -0.39 is 5.60 Å². The van der Waals surface area contributed by atoms with Gasteiger partial charge in [-0.05, 0) is 46.5 Å². The molecule has 0 unspecified atom stereocenters. The lowest BCUT2D eigenvalue weighted by molar-refractivity contribution is -0.0501. The van der Waals surface area contributed by atoms with Crippen LogP contribution in [-0.4, -0.2) is 48.0 Å². The van der Waals surface area contributed by atoms with Gasteiger partial charge in [0, 0.05) is 12.1 Å². The molecule has 1 aliphatic rings. The lowest BCUT2D eigenvalue weighted by atomic mass is 9.82. The molecule has 2 heterocycles. The van der Waals surface area contributed by atoms with Crippen molar-refractivity contribution in [3.8, 4) is 0 Å². The molecule has 3 N–H and O–H groups in total. The Morgan fingerprint density at radius 1 is 1.35 bits per heavy atom. The number of anilines is 1. The lowest BCUT2D eigenvalue weighted by Crippen LogP contribution is -2.38. The molecule has 7 nitrogen and oxygen atoms in total. The fraction of sp³-hybridized carbons (Fsp3) is 0.688. The van der Waals surface area contributed by atoms with E-state index in [1.807, 2.05) is 20.8 Å². The molecule has 1 saturated carbocycles. The SMILES string of the molecule is Cc1nc2cnc(NC(C)C)nc2n1C1CCC(O)(CO)CC1. The Balaban J connectivity index is 1.92. The maximum atomic E-state index is 10.2. The summed E-state index contributed by atoms with van der Waals surface area (Å²) in [5.41, 5.74) is 0.694. The number of aliphatic hydroxyl groups excluding tert-OH is 1. The minimum atomic E-state index is -0.930. The molecule has 0 atom stereocenters. The van der Waals surface area contributed by atoms with Gasteiger partial charge in [-0.15, -0.1) is 0 Å². The Morgan fingerprint density at radius 3 is 2.65 bits per heavy atom. The molecule has 7 heteroatoms. The molecule has 0 bridgehead atoms. The van der Waals surface area contributed by atoms with Gasteiger partial charge in [-0.25, -0.2) is 9.97 Å². The summed E-state index contributed by atoms with van der Waals surface area (Å²) in [6.07, 6.45) is 4.55. The van der Waals surface area contributed by atoms with Crippen molar-refractivity contribution in [1.29, 1.82) is 0 Å². The van der Waals surface area contributed by atoms with E-state index in [-0.39, 0.29) is 18.7 Å². The van der Waals surface area contributed by atoms with E-state index in [2.05, 4.69) is 24.8 Å². The first-order valence-electron chi connectivity index (χ1n) is 8.23. The van der Waals surface area contributed by atoms with Crippen molar-refractivity contribution in [2.45, 2.75) is 64.1 Å². The molecule has 1 fully saturated rings. The number of fused-ring (bicyclic) bond motifs is 1. The van der Waals surface area contributed by atoms with Crippen LogP contribution in [0.5, 0.6) is 0 Å². The highest BCUT2D eigenvalue weighted by molar-refractivity contribution is 5.72. The van der Waals surface area contributed by atoms with Crippen LogP contribution in [0.15, 0.2) is 6.20 Å². The third-order valence-electron chi connectivity index (χ3n) is 4.57. The van der Waals surface area contributed by atoms with Gasteiger partial charge in [0.25, 0.3) is 0 Å². The maximum absolute atomic E-state index is 10.2. The molecule has 23 heavy (non-hydrogen) atoms. The number of hydrogen-bond acceptors (Lipinski definition) is 6. The van der Waals surface area contributed by atoms with Crippen molar-refractivity contribution in [3.63, 3.8) is 0 Å². The molecular weight excluding hydrogens is 294 g/mol. The number of nitrogens with zero attached hydrogens (tertiary/aromatic N) is 4. The van der Waals surface area contributed by atoms with Crippen LogP contribution in [-0.2, 0) is 0 Å². The van der Waals surface area contributed by atoms with E-state index in [4.69, 9.17) is 0 Å². The average molecular weight is 319 g/mol. The monoisotopic (exact) mass is 319 g/mol. The van der Waals surface area contributed by atoms with Gasteiger partial charge < -0.3 is 20.1 Å². The van der Waals surface area contributed by atoms with Gasteiger partial charge >= 0.3 is 0 Å². The average Bonchev–Trinajstić information content (AvgIpc) is 2.83. The largest absolute Gasteiger partial charge is 0.393 e. The van der Waals surface area contributed by atoms with Crippen molar-refractivity contribution >= 4 is 17.1 Å². The van der Waals surface area contributed by atoms with Crippen molar-refractivity contribution < 1.29 is 10.2 Å². The molecule has 0 aliphatic heterocycles. The molecule has 0 amide bonds. The molecular formula is C16H25N5O2. The summed E-state index contributed by atoms with van der Waals surface area (Å²) in [6.45, 7) is 5.90. The Hall–Kier alpha value is -1.73. The topological polar surface area (TPSA) is 96.1 Å². The Kier molecular flexibility index (Phi) is 4.25. The molecule has 0 aromatic carbocycles. The summed E-state index contributed by atoms with van der Waals surface area (Å²) in [6, 6.07) is 0.507. The summed E-state index contributed by atoms with van der Waals surface area (Å²) in [7, 11) is 0. The number of nitrogens with one attached hydrogen (secondary N) is 1. The zero-order chi connectivity index (χ0) is 16.6. The molecule has 1 aliphatic carbocycles. The summed E-state index contributed by atoms with van der Waals surface area (Å²) in [5, 5.41) is 22.7. The Bertz CT molecular complexity index is 689. The van der Waals surface area contributed by atoms with E-state index in [1.54, 1.807) is 6.20 Å². The number of aromatic nitrogens is 4. The minimum absolute atomic E-state index is 0.173. The van der Waals surface area contributed by atoms with Crippen LogP contribution in [0.4, 0.5) is 5.95 Å². The highest BCUT2D eigenvalue weighted by Gasteiger charge is 2.34. The van der Waals surface area contributed by atoms with Crippen LogP contribution in [0.3, 0.4) is 0 Å². The molecule has 0 saturated heterocycles. The van der Waals surface area contributed by atoms with Gasteiger partial charge in [-0.2, -0.15) is 4.98 Å². The van der Waals surface area contributed by atoms with E-state index in [0.29, 0.717) is 18.8 Å².